The maximum absolute atomic E-state index is 11.7. The van der Waals surface area contributed by atoms with E-state index in [4.69, 9.17) is 15.6 Å². The number of rotatable bonds is 16. The van der Waals surface area contributed by atoms with Crippen molar-refractivity contribution in [1.29, 1.82) is 0 Å². The van der Waals surface area contributed by atoms with Gasteiger partial charge in [0, 0.05) is 0 Å². The summed E-state index contributed by atoms with van der Waals surface area (Å²) in [5.74, 6) is -0.101. The molecule has 4 atom stereocenters. The molecular weight excluding hydrogens is 581 g/mol. The van der Waals surface area contributed by atoms with Gasteiger partial charge in [0.1, 0.15) is 18.3 Å². The molecule has 4 unspecified atom stereocenters. The Morgan fingerprint density at radius 2 is 1.54 bits per heavy atom. The second kappa shape index (κ2) is 18.1. The van der Waals surface area contributed by atoms with Gasteiger partial charge in [0.25, 0.3) is 5.56 Å². The van der Waals surface area contributed by atoms with E-state index in [0.29, 0.717) is 0 Å². The van der Waals surface area contributed by atoms with E-state index in [2.05, 4.69) is 28.8 Å². The maximum atomic E-state index is 11.7. The molecule has 0 amide bonds. The largest absolute Gasteiger partial charge is 0.394 e. The molecule has 1 aliphatic heterocycles. The molecular formula is C26H47N5O5Sn. The molecule has 1 saturated heterocycles. The summed E-state index contributed by atoms with van der Waals surface area (Å²) in [6, 6.07) is 0. The van der Waals surface area contributed by atoms with Gasteiger partial charge >= 0.3 is 121 Å². The summed E-state index contributed by atoms with van der Waals surface area (Å²) in [5.41, 5.74) is 5.12. The minimum atomic E-state index is -1.29. The van der Waals surface area contributed by atoms with Gasteiger partial charge in [-0.1, -0.05) is 0 Å². The van der Waals surface area contributed by atoms with Crippen molar-refractivity contribution in [3.05, 3.63) is 16.7 Å². The van der Waals surface area contributed by atoms with Gasteiger partial charge in [0.05, 0.1) is 12.9 Å². The van der Waals surface area contributed by atoms with E-state index in [9.17, 15) is 15.0 Å². The number of unbranched alkanes of at least 4 members (excludes halogenated alkanes) is 10. The fraction of sp³-hybridized carbons (Fsp3) is 0.808. The number of anilines is 1. The van der Waals surface area contributed by atoms with Crippen molar-refractivity contribution in [2.45, 2.75) is 124 Å². The van der Waals surface area contributed by atoms with Gasteiger partial charge in [-0.05, 0) is 0 Å². The molecule has 2 aromatic heterocycles. The third kappa shape index (κ3) is 10.5. The van der Waals surface area contributed by atoms with Crippen molar-refractivity contribution in [3.8, 4) is 0 Å². The first-order chi connectivity index (χ1) is 17.9. The molecule has 3 rings (SSSR count). The predicted molar refractivity (Wildman–Crippen MR) is 148 cm³/mol. The SMILES string of the molecule is CCCCCCC[CH2][Sn][CH2]CCCCCCC.Nc1nc2c(ncn2C2OC(CO)C(O)C2O)c(=O)[nH]1. The molecule has 0 aromatic carbocycles. The van der Waals surface area contributed by atoms with Gasteiger partial charge in [-0.3, -0.25) is 14.3 Å². The second-order valence-electron chi connectivity index (χ2n) is 9.79. The van der Waals surface area contributed by atoms with Crippen molar-refractivity contribution in [3.63, 3.8) is 0 Å². The molecule has 0 aliphatic carbocycles. The van der Waals surface area contributed by atoms with E-state index in [1.807, 2.05) is 0 Å². The number of aliphatic hydroxyl groups is 3. The van der Waals surface area contributed by atoms with Crippen LogP contribution in [0.15, 0.2) is 11.1 Å². The number of aromatic amines is 1. The average Bonchev–Trinajstić information content (AvgIpc) is 3.43. The Morgan fingerprint density at radius 1 is 0.973 bits per heavy atom. The number of imidazole rings is 1. The number of hydrogen-bond acceptors (Lipinski definition) is 8. The maximum Gasteiger partial charge on any atom is 0.280 e. The Labute approximate surface area is 230 Å². The van der Waals surface area contributed by atoms with E-state index in [-0.39, 0.29) is 38.3 Å². The van der Waals surface area contributed by atoms with Crippen LogP contribution in [0.3, 0.4) is 0 Å². The van der Waals surface area contributed by atoms with Gasteiger partial charge in [0.2, 0.25) is 5.95 Å². The molecule has 3 heterocycles. The van der Waals surface area contributed by atoms with Crippen molar-refractivity contribution in [1.82, 2.24) is 19.5 Å². The molecule has 6 N–H and O–H groups in total. The van der Waals surface area contributed by atoms with E-state index < -0.39 is 36.7 Å². The van der Waals surface area contributed by atoms with Gasteiger partial charge in [-0.25, -0.2) is 4.98 Å². The smallest absolute Gasteiger partial charge is 0.280 e. The average molecular weight is 628 g/mol. The summed E-state index contributed by atoms with van der Waals surface area (Å²) in [4.78, 5) is 21.8. The van der Waals surface area contributed by atoms with Crippen LogP contribution in [-0.2, 0) is 4.74 Å². The first-order valence-corrected chi connectivity index (χ1v) is 18.0. The summed E-state index contributed by atoms with van der Waals surface area (Å²) >= 11 is 0.0736. The molecule has 0 bridgehead atoms. The monoisotopic (exact) mass is 629 g/mol. The van der Waals surface area contributed by atoms with Crippen LogP contribution in [0.2, 0.25) is 8.87 Å². The van der Waals surface area contributed by atoms with Crippen LogP contribution in [0.1, 0.15) is 97.1 Å². The summed E-state index contributed by atoms with van der Waals surface area (Å²) in [7, 11) is 0. The molecule has 1 aliphatic rings. The normalized spacial score (nSPS) is 21.3. The van der Waals surface area contributed by atoms with Crippen molar-refractivity contribution in [2.24, 2.45) is 0 Å². The number of fused-ring (bicyclic) bond motifs is 1. The summed E-state index contributed by atoms with van der Waals surface area (Å²) < 4.78 is 9.96. The molecule has 1 fully saturated rings. The number of nitrogens with one attached hydrogen (secondary N) is 1. The number of H-pyrrole nitrogens is 1. The van der Waals surface area contributed by atoms with E-state index in [1.165, 1.54) is 75.1 Å². The van der Waals surface area contributed by atoms with Crippen molar-refractivity contribution < 1.29 is 20.1 Å². The van der Waals surface area contributed by atoms with Gasteiger partial charge in [-0.15, -0.1) is 0 Å². The Kier molecular flexibility index (Phi) is 15.7. The minimum absolute atomic E-state index is 0.0388. The molecule has 210 valence electrons. The number of ether oxygens (including phenoxy) is 1. The van der Waals surface area contributed by atoms with Gasteiger partial charge < -0.3 is 25.8 Å². The second-order valence-corrected chi connectivity index (χ2v) is 14.1. The number of nitrogen functional groups attached to an aromatic ring is 1. The minimum Gasteiger partial charge on any atom is -0.394 e. The summed E-state index contributed by atoms with van der Waals surface area (Å²) in [5, 5.41) is 28.7. The Balaban J connectivity index is 0.000000265. The third-order valence-electron chi connectivity index (χ3n) is 6.66. The van der Waals surface area contributed by atoms with E-state index in [1.54, 1.807) is 21.7 Å². The number of aromatic nitrogens is 4. The fourth-order valence-electron chi connectivity index (χ4n) is 4.42. The van der Waals surface area contributed by atoms with Crippen LogP contribution in [0.5, 0.6) is 0 Å². The molecule has 37 heavy (non-hydrogen) atoms. The number of aliphatic hydroxyl groups excluding tert-OH is 3. The number of hydrogen-bond donors (Lipinski definition) is 5. The Morgan fingerprint density at radius 3 is 2.08 bits per heavy atom. The molecule has 0 saturated carbocycles. The standard InChI is InChI=1S/C10H13N5O5.2C8H17.Sn/c11-10-13-7-4(8(19)14-10)12-2-15(7)9-6(18)5(17)3(1-16)20-9;2*1-3-5-7-8-6-4-2;/h2-3,5-6,9,16-18H,1H2,(H3,11,13,14,19);2*1,3-8H2,2H3;. The third-order valence-corrected chi connectivity index (χ3v) is 10.7. The van der Waals surface area contributed by atoms with E-state index in [0.717, 1.165) is 0 Å². The number of nitrogens with two attached hydrogens (primary N) is 1. The zero-order chi connectivity index (χ0) is 27.0. The molecule has 0 spiro atoms. The topological polar surface area (TPSA) is 160 Å². The zero-order valence-electron chi connectivity index (χ0n) is 22.6. The van der Waals surface area contributed by atoms with Crippen LogP contribution in [-0.4, -0.2) is 80.9 Å². The van der Waals surface area contributed by atoms with Crippen LogP contribution >= 0.6 is 0 Å². The first kappa shape index (κ1) is 32.0. The predicted octanol–water partition coefficient (Wildman–Crippen LogP) is 3.56. The van der Waals surface area contributed by atoms with Crippen LogP contribution < -0.4 is 11.3 Å². The zero-order valence-corrected chi connectivity index (χ0v) is 25.4. The quantitative estimate of drug-likeness (QED) is 0.139. The fourth-order valence-corrected chi connectivity index (χ4v) is 7.99. The Bertz CT molecular complexity index is 926. The van der Waals surface area contributed by atoms with Crippen LogP contribution in [0.25, 0.3) is 11.2 Å². The first-order valence-electron chi connectivity index (χ1n) is 14.0. The summed E-state index contributed by atoms with van der Waals surface area (Å²) in [6.07, 6.45) is 14.6. The molecule has 10 nitrogen and oxygen atoms in total. The van der Waals surface area contributed by atoms with E-state index >= 15 is 0 Å². The van der Waals surface area contributed by atoms with Crippen molar-refractivity contribution >= 4 is 38.3 Å². The summed E-state index contributed by atoms with van der Waals surface area (Å²) in [6.45, 7) is 4.15. The van der Waals surface area contributed by atoms with Gasteiger partial charge in [-0.2, -0.15) is 4.98 Å². The molecule has 2 aromatic rings. The molecule has 11 heteroatoms. The molecule has 2 radical (unpaired) electrons. The Hall–Kier alpha value is -1.21. The van der Waals surface area contributed by atoms with Gasteiger partial charge in [0.15, 0.2) is 17.4 Å². The van der Waals surface area contributed by atoms with Crippen LogP contribution in [0.4, 0.5) is 5.95 Å². The van der Waals surface area contributed by atoms with Crippen LogP contribution in [0, 0.1) is 0 Å². The van der Waals surface area contributed by atoms with Crippen molar-refractivity contribution in [2.75, 3.05) is 12.3 Å². The number of nitrogens with zero attached hydrogens (tertiary/aromatic N) is 3.